The summed E-state index contributed by atoms with van der Waals surface area (Å²) < 4.78 is 38.7. The summed E-state index contributed by atoms with van der Waals surface area (Å²) in [5.74, 6) is 0. The SMILES string of the molecule is CC(C)(C)OC(=O)n1nc(-c2cc3cc(CO)ccc3n2C(=O)OC(C)(C)C)c2sc(S(C)(=O)=O)cc21. The fraction of sp³-hybridized carbons (Fsp3) is 0.400. The Morgan fingerprint density at radius 3 is 2.16 bits per heavy atom. The van der Waals surface area contributed by atoms with Gasteiger partial charge in [-0.1, -0.05) is 6.07 Å². The van der Waals surface area contributed by atoms with Crippen LogP contribution in [0.15, 0.2) is 34.5 Å². The lowest BCUT2D eigenvalue weighted by molar-refractivity contribution is 0.0520. The Balaban J connectivity index is 2.04. The fourth-order valence-corrected chi connectivity index (χ4v) is 5.77. The quantitative estimate of drug-likeness (QED) is 0.371. The van der Waals surface area contributed by atoms with Gasteiger partial charge in [0.1, 0.15) is 21.1 Å². The lowest BCUT2D eigenvalue weighted by Gasteiger charge is -2.20. The van der Waals surface area contributed by atoms with Gasteiger partial charge >= 0.3 is 12.2 Å². The van der Waals surface area contributed by atoms with Crippen LogP contribution in [0.3, 0.4) is 0 Å². The van der Waals surface area contributed by atoms with Gasteiger partial charge in [0.25, 0.3) is 0 Å². The van der Waals surface area contributed by atoms with Crippen LogP contribution >= 0.6 is 11.3 Å². The fourth-order valence-electron chi connectivity index (χ4n) is 3.72. The zero-order valence-electron chi connectivity index (χ0n) is 21.6. The highest BCUT2D eigenvalue weighted by Crippen LogP contribution is 2.39. The first-order valence-corrected chi connectivity index (χ1v) is 14.1. The third-order valence-electron chi connectivity index (χ3n) is 5.13. The number of carbonyl (C=O) groups excluding carboxylic acids is 2. The number of aliphatic hydroxyl groups is 1. The molecule has 0 unspecified atom stereocenters. The highest BCUT2D eigenvalue weighted by molar-refractivity contribution is 7.93. The molecule has 0 aliphatic rings. The standard InChI is InChI=1S/C25H29N3O7S2/c1-24(2,3)34-22(30)27-16-9-8-14(13-29)10-15(16)11-17(27)20-21-18(12-19(36-21)37(7,32)33)28(26-20)23(31)35-25(4,5)6/h8-12,29H,13H2,1-7H3. The molecule has 0 aliphatic heterocycles. The molecule has 0 atom stereocenters. The minimum atomic E-state index is -3.60. The lowest BCUT2D eigenvalue weighted by Crippen LogP contribution is -2.28. The number of ether oxygens (including phenoxy) is 2. The van der Waals surface area contributed by atoms with Crippen LogP contribution in [-0.4, -0.2) is 57.5 Å². The third-order valence-corrected chi connectivity index (χ3v) is 8.06. The summed E-state index contributed by atoms with van der Waals surface area (Å²) in [6.45, 7) is 10.2. The molecule has 3 heterocycles. The van der Waals surface area contributed by atoms with E-state index in [4.69, 9.17) is 9.47 Å². The highest BCUT2D eigenvalue weighted by atomic mass is 32.2. The second-order valence-corrected chi connectivity index (χ2v) is 14.0. The number of hydrogen-bond acceptors (Lipinski definition) is 9. The molecule has 0 aliphatic carbocycles. The van der Waals surface area contributed by atoms with Gasteiger partial charge in [0.15, 0.2) is 9.84 Å². The van der Waals surface area contributed by atoms with Crippen LogP contribution < -0.4 is 0 Å². The molecule has 3 aromatic heterocycles. The molecule has 4 aromatic rings. The molecular weight excluding hydrogens is 518 g/mol. The van der Waals surface area contributed by atoms with Gasteiger partial charge < -0.3 is 14.6 Å². The monoisotopic (exact) mass is 547 g/mol. The van der Waals surface area contributed by atoms with Crippen molar-refractivity contribution in [2.24, 2.45) is 0 Å². The predicted molar refractivity (Wildman–Crippen MR) is 141 cm³/mol. The molecule has 0 spiro atoms. The normalized spacial score (nSPS) is 12.9. The molecule has 0 saturated heterocycles. The van der Waals surface area contributed by atoms with E-state index >= 15 is 0 Å². The summed E-state index contributed by atoms with van der Waals surface area (Å²) in [7, 11) is -3.60. The maximum atomic E-state index is 13.4. The van der Waals surface area contributed by atoms with E-state index < -0.39 is 33.2 Å². The first-order chi connectivity index (χ1) is 17.0. The van der Waals surface area contributed by atoms with Crippen molar-refractivity contribution in [3.8, 4) is 11.4 Å². The number of benzene rings is 1. The highest BCUT2D eigenvalue weighted by Gasteiger charge is 2.30. The summed E-state index contributed by atoms with van der Waals surface area (Å²) in [6.07, 6.45) is -0.380. The first-order valence-electron chi connectivity index (χ1n) is 11.4. The van der Waals surface area contributed by atoms with Gasteiger partial charge in [0.05, 0.1) is 28.0 Å². The van der Waals surface area contributed by atoms with Crippen LogP contribution in [-0.2, 0) is 25.9 Å². The molecule has 0 amide bonds. The Kier molecular flexibility index (Phi) is 6.50. The van der Waals surface area contributed by atoms with Crippen LogP contribution in [0.5, 0.6) is 0 Å². The summed E-state index contributed by atoms with van der Waals surface area (Å²) in [5.41, 5.74) is 0.278. The number of carbonyl (C=O) groups is 2. The maximum Gasteiger partial charge on any atom is 0.435 e. The molecule has 10 nitrogen and oxygen atoms in total. The number of thiophene rings is 1. The summed E-state index contributed by atoms with van der Waals surface area (Å²) >= 11 is 0.949. The van der Waals surface area contributed by atoms with Crippen molar-refractivity contribution < 1.29 is 32.6 Å². The molecule has 1 N–H and O–H groups in total. The molecule has 1 aromatic carbocycles. The van der Waals surface area contributed by atoms with Crippen molar-refractivity contribution in [1.82, 2.24) is 14.3 Å². The van der Waals surface area contributed by atoms with Crippen molar-refractivity contribution >= 4 is 54.5 Å². The smallest absolute Gasteiger partial charge is 0.435 e. The second-order valence-electron chi connectivity index (χ2n) is 10.7. The largest absolute Gasteiger partial charge is 0.443 e. The minimum Gasteiger partial charge on any atom is -0.443 e. The number of aliphatic hydroxyl groups excluding tert-OH is 1. The molecule has 198 valence electrons. The Hall–Kier alpha value is -3.22. The molecule has 4 rings (SSSR count). The lowest BCUT2D eigenvalue weighted by atomic mass is 10.1. The predicted octanol–water partition coefficient (Wildman–Crippen LogP) is 5.18. The Morgan fingerprint density at radius 2 is 1.59 bits per heavy atom. The van der Waals surface area contributed by atoms with Crippen molar-refractivity contribution in [2.45, 2.75) is 63.6 Å². The molecular formula is C25H29N3O7S2. The molecule has 0 radical (unpaired) electrons. The van der Waals surface area contributed by atoms with E-state index in [0.29, 0.717) is 26.9 Å². The Labute approximate surface area is 218 Å². The first kappa shape index (κ1) is 26.8. The number of rotatable bonds is 3. The van der Waals surface area contributed by atoms with E-state index in [-0.39, 0.29) is 22.0 Å². The molecule has 0 fully saturated rings. The van der Waals surface area contributed by atoms with Gasteiger partial charge in [0, 0.05) is 11.6 Å². The van der Waals surface area contributed by atoms with Crippen molar-refractivity contribution in [2.75, 3.05) is 6.26 Å². The van der Waals surface area contributed by atoms with Gasteiger partial charge in [-0.25, -0.2) is 22.6 Å². The number of nitrogens with zero attached hydrogens (tertiary/aromatic N) is 3. The Morgan fingerprint density at radius 1 is 0.973 bits per heavy atom. The average Bonchev–Trinajstić information content (AvgIpc) is 3.41. The molecule has 0 bridgehead atoms. The topological polar surface area (TPSA) is 130 Å². The third kappa shape index (κ3) is 5.41. The molecule has 0 saturated carbocycles. The zero-order valence-corrected chi connectivity index (χ0v) is 23.3. The summed E-state index contributed by atoms with van der Waals surface area (Å²) in [4.78, 5) is 26.4. The van der Waals surface area contributed by atoms with Gasteiger partial charge in [-0.3, -0.25) is 0 Å². The molecule has 12 heteroatoms. The van der Waals surface area contributed by atoms with E-state index in [9.17, 15) is 23.1 Å². The summed E-state index contributed by atoms with van der Waals surface area (Å²) in [5, 5.41) is 14.7. The number of fused-ring (bicyclic) bond motifs is 2. The van der Waals surface area contributed by atoms with Gasteiger partial charge in [-0.05, 0) is 71.4 Å². The van der Waals surface area contributed by atoms with Crippen LogP contribution in [0.25, 0.3) is 32.5 Å². The maximum absolute atomic E-state index is 13.4. The minimum absolute atomic E-state index is 0.0426. The van der Waals surface area contributed by atoms with Gasteiger partial charge in [-0.2, -0.15) is 9.78 Å². The Bertz CT molecular complexity index is 1650. The number of sulfone groups is 1. The van der Waals surface area contributed by atoms with Crippen LogP contribution in [0.2, 0.25) is 0 Å². The van der Waals surface area contributed by atoms with Crippen molar-refractivity contribution in [1.29, 1.82) is 0 Å². The van der Waals surface area contributed by atoms with E-state index in [2.05, 4.69) is 5.10 Å². The summed E-state index contributed by atoms with van der Waals surface area (Å²) in [6, 6.07) is 8.18. The van der Waals surface area contributed by atoms with E-state index in [1.54, 1.807) is 65.8 Å². The average molecular weight is 548 g/mol. The molecule has 37 heavy (non-hydrogen) atoms. The van der Waals surface area contributed by atoms with Crippen LogP contribution in [0.4, 0.5) is 9.59 Å². The van der Waals surface area contributed by atoms with Gasteiger partial charge in [-0.15, -0.1) is 11.3 Å². The van der Waals surface area contributed by atoms with E-state index in [1.165, 1.54) is 10.6 Å². The van der Waals surface area contributed by atoms with E-state index in [1.807, 2.05) is 0 Å². The van der Waals surface area contributed by atoms with Gasteiger partial charge in [0.2, 0.25) is 0 Å². The second kappa shape index (κ2) is 8.96. The van der Waals surface area contributed by atoms with Crippen LogP contribution in [0.1, 0.15) is 47.1 Å². The van der Waals surface area contributed by atoms with E-state index in [0.717, 1.165) is 22.3 Å². The van der Waals surface area contributed by atoms with Crippen molar-refractivity contribution in [3.63, 3.8) is 0 Å². The van der Waals surface area contributed by atoms with Crippen LogP contribution in [0, 0.1) is 0 Å². The zero-order chi connectivity index (χ0) is 27.5. The van der Waals surface area contributed by atoms with Crippen molar-refractivity contribution in [3.05, 3.63) is 35.9 Å². The number of aromatic nitrogens is 3. The number of hydrogen-bond donors (Lipinski definition) is 1.